The van der Waals surface area contributed by atoms with Gasteiger partial charge in [0.1, 0.15) is 0 Å². The van der Waals surface area contributed by atoms with Crippen LogP contribution in [0, 0.1) is 5.92 Å². The van der Waals surface area contributed by atoms with E-state index in [4.69, 9.17) is 4.98 Å². The van der Waals surface area contributed by atoms with Crippen molar-refractivity contribution < 1.29 is 13.2 Å². The number of rotatable bonds is 10. The largest absolute Gasteiger partial charge is 0.302 e. The maximum atomic E-state index is 12.9. The second kappa shape index (κ2) is 12.3. The van der Waals surface area contributed by atoms with Gasteiger partial charge in [0.2, 0.25) is 5.91 Å². The first-order chi connectivity index (χ1) is 19.6. The molecule has 0 aliphatic carbocycles. The predicted octanol–water partition coefficient (Wildman–Crippen LogP) is 7.13. The molecule has 1 aliphatic heterocycles. The number of nitrogens with one attached hydrogen (secondary N) is 1. The maximum Gasteiger partial charge on any atom is 0.230 e. The second-order valence-corrected chi connectivity index (χ2v) is 14.5. The Kier molecular flexibility index (Phi) is 8.73. The molecule has 0 saturated heterocycles. The minimum absolute atomic E-state index is 0.0540. The summed E-state index contributed by atoms with van der Waals surface area (Å²) in [5.74, 6) is 0.681. The van der Waals surface area contributed by atoms with E-state index in [2.05, 4.69) is 62.2 Å². The smallest absolute Gasteiger partial charge is 0.230 e. The summed E-state index contributed by atoms with van der Waals surface area (Å²) < 4.78 is 25.6. The number of fused-ring (bicyclic) bond motifs is 1. The van der Waals surface area contributed by atoms with E-state index < -0.39 is 9.84 Å². The number of benzene rings is 3. The fourth-order valence-electron chi connectivity index (χ4n) is 5.39. The van der Waals surface area contributed by atoms with E-state index >= 15 is 0 Å². The van der Waals surface area contributed by atoms with Crippen molar-refractivity contribution in [2.24, 2.45) is 5.92 Å². The van der Waals surface area contributed by atoms with Gasteiger partial charge in [0.15, 0.2) is 15.0 Å². The van der Waals surface area contributed by atoms with Crippen molar-refractivity contribution in [1.29, 1.82) is 0 Å². The van der Waals surface area contributed by atoms with Gasteiger partial charge in [0.05, 0.1) is 28.8 Å². The van der Waals surface area contributed by atoms with Crippen molar-refractivity contribution in [2.75, 3.05) is 5.32 Å². The normalized spacial score (nSPS) is 15.4. The van der Waals surface area contributed by atoms with Crippen molar-refractivity contribution in [3.8, 4) is 0 Å². The van der Waals surface area contributed by atoms with Crippen LogP contribution in [0.3, 0.4) is 0 Å². The Labute approximate surface area is 247 Å². The van der Waals surface area contributed by atoms with Crippen molar-refractivity contribution in [3.05, 3.63) is 112 Å². The predicted molar refractivity (Wildman–Crippen MR) is 166 cm³/mol. The van der Waals surface area contributed by atoms with E-state index in [-0.39, 0.29) is 29.0 Å². The summed E-state index contributed by atoms with van der Waals surface area (Å²) >= 11 is 1.55. The molecule has 1 aromatic heterocycles. The van der Waals surface area contributed by atoms with Crippen LogP contribution in [0.2, 0.25) is 0 Å². The Morgan fingerprint density at radius 3 is 2.22 bits per heavy atom. The maximum absolute atomic E-state index is 12.9. The van der Waals surface area contributed by atoms with E-state index in [0.717, 1.165) is 29.9 Å². The fourth-order valence-corrected chi connectivity index (χ4v) is 7.78. The van der Waals surface area contributed by atoms with Gasteiger partial charge in [-0.05, 0) is 46.2 Å². The molecule has 8 heteroatoms. The van der Waals surface area contributed by atoms with E-state index in [1.807, 2.05) is 18.2 Å². The van der Waals surface area contributed by atoms with E-state index in [1.54, 1.807) is 47.7 Å². The molecule has 0 bridgehead atoms. The van der Waals surface area contributed by atoms with Crippen molar-refractivity contribution in [3.63, 3.8) is 0 Å². The average molecular weight is 588 g/mol. The zero-order valence-corrected chi connectivity index (χ0v) is 25.6. The molecule has 1 N–H and O–H groups in total. The molecule has 0 spiro atoms. The van der Waals surface area contributed by atoms with E-state index in [1.165, 1.54) is 16.0 Å². The van der Waals surface area contributed by atoms with Gasteiger partial charge in [-0.25, -0.2) is 13.4 Å². The molecule has 4 aromatic rings. The zero-order valence-electron chi connectivity index (χ0n) is 24.0. The standard InChI is InChI=1S/C33H37N3O3S2/c1-22(2)27-14-10-25(11-15-27)19-36-20-29-31(32(36)23(3)4)35-33(40-29)34-30(37)18-24-12-16-28(17-13-24)41(38,39)21-26-8-6-5-7-9-26/h5-17,22-23,32H,18-21H2,1-4H3,(H,34,35,37)/t32-/m1/s1. The van der Waals surface area contributed by atoms with Gasteiger partial charge in [0, 0.05) is 18.0 Å². The first kappa shape index (κ1) is 29.2. The molecule has 2 heterocycles. The number of hydrogen-bond donors (Lipinski definition) is 1. The second-order valence-electron chi connectivity index (χ2n) is 11.4. The number of anilines is 1. The van der Waals surface area contributed by atoms with Crippen molar-refractivity contribution >= 4 is 32.2 Å². The number of nitrogens with zero attached hydrogens (tertiary/aromatic N) is 2. The summed E-state index contributed by atoms with van der Waals surface area (Å²) in [4.78, 5) is 21.6. The van der Waals surface area contributed by atoms with Crippen LogP contribution in [-0.2, 0) is 39.9 Å². The van der Waals surface area contributed by atoms with Gasteiger partial charge in [-0.3, -0.25) is 9.69 Å². The molecule has 0 saturated carbocycles. The zero-order chi connectivity index (χ0) is 29.1. The third-order valence-corrected chi connectivity index (χ3v) is 10.2. The lowest BCUT2D eigenvalue weighted by Crippen LogP contribution is -2.26. The number of sulfone groups is 1. The Morgan fingerprint density at radius 2 is 1.59 bits per heavy atom. The van der Waals surface area contributed by atoms with Gasteiger partial charge >= 0.3 is 0 Å². The monoisotopic (exact) mass is 587 g/mol. The Hall–Kier alpha value is -3.33. The molecule has 41 heavy (non-hydrogen) atoms. The average Bonchev–Trinajstić information content (AvgIpc) is 3.45. The molecule has 1 aliphatic rings. The van der Waals surface area contributed by atoms with E-state index in [9.17, 15) is 13.2 Å². The quantitative estimate of drug-likeness (QED) is 0.213. The molecule has 0 fully saturated rings. The SMILES string of the molecule is CC(C)c1ccc(CN2Cc3sc(NC(=O)Cc4ccc(S(=O)(=O)Cc5ccccc5)cc4)nc3[C@H]2C(C)C)cc1. The van der Waals surface area contributed by atoms with Crippen LogP contribution in [0.25, 0.3) is 0 Å². The molecule has 214 valence electrons. The Balaban J connectivity index is 1.20. The van der Waals surface area contributed by atoms with Gasteiger partial charge in [-0.2, -0.15) is 0 Å². The first-order valence-corrected chi connectivity index (χ1v) is 16.5. The highest BCUT2D eigenvalue weighted by Crippen LogP contribution is 2.43. The van der Waals surface area contributed by atoms with Gasteiger partial charge in [-0.1, -0.05) is 94.4 Å². The molecule has 6 nitrogen and oxygen atoms in total. The lowest BCUT2D eigenvalue weighted by atomic mass is 10.00. The topological polar surface area (TPSA) is 79.4 Å². The molecule has 5 rings (SSSR count). The number of carbonyl (C=O) groups is 1. The summed E-state index contributed by atoms with van der Waals surface area (Å²) in [6.45, 7) is 10.5. The summed E-state index contributed by atoms with van der Waals surface area (Å²) in [6, 6.07) is 24.8. The van der Waals surface area contributed by atoms with E-state index in [0.29, 0.717) is 17.0 Å². The minimum Gasteiger partial charge on any atom is -0.302 e. The molecule has 0 unspecified atom stereocenters. The Morgan fingerprint density at radius 1 is 0.927 bits per heavy atom. The summed E-state index contributed by atoms with van der Waals surface area (Å²) in [5.41, 5.74) is 5.20. The van der Waals surface area contributed by atoms with Crippen LogP contribution in [0.1, 0.15) is 72.5 Å². The number of amides is 1. The molecule has 1 atom stereocenters. The first-order valence-electron chi connectivity index (χ1n) is 14.1. The highest BCUT2D eigenvalue weighted by atomic mass is 32.2. The number of thiazole rings is 1. The van der Waals surface area contributed by atoms with Crippen LogP contribution < -0.4 is 5.32 Å². The van der Waals surface area contributed by atoms with Crippen LogP contribution in [-0.4, -0.2) is 24.2 Å². The number of carbonyl (C=O) groups excluding carboxylic acids is 1. The highest BCUT2D eigenvalue weighted by Gasteiger charge is 2.36. The molecule has 0 radical (unpaired) electrons. The van der Waals surface area contributed by atoms with Crippen LogP contribution in [0.4, 0.5) is 5.13 Å². The van der Waals surface area contributed by atoms with Crippen molar-refractivity contribution in [1.82, 2.24) is 9.88 Å². The third kappa shape index (κ3) is 6.94. The van der Waals surface area contributed by atoms with Crippen LogP contribution >= 0.6 is 11.3 Å². The van der Waals surface area contributed by atoms with Gasteiger partial charge < -0.3 is 5.32 Å². The van der Waals surface area contributed by atoms with Gasteiger partial charge in [0.25, 0.3) is 0 Å². The molecule has 3 aromatic carbocycles. The highest BCUT2D eigenvalue weighted by molar-refractivity contribution is 7.90. The Bertz CT molecular complexity index is 1590. The minimum atomic E-state index is -3.46. The third-order valence-electron chi connectivity index (χ3n) is 7.50. The van der Waals surface area contributed by atoms with Crippen LogP contribution in [0.15, 0.2) is 83.8 Å². The summed E-state index contributed by atoms with van der Waals surface area (Å²) in [7, 11) is -3.46. The molecular weight excluding hydrogens is 551 g/mol. The molecular formula is C33H37N3O3S2. The lowest BCUT2D eigenvalue weighted by Gasteiger charge is -2.27. The number of aromatic nitrogens is 1. The summed E-state index contributed by atoms with van der Waals surface area (Å²) in [5, 5.41) is 3.59. The lowest BCUT2D eigenvalue weighted by molar-refractivity contribution is -0.115. The summed E-state index contributed by atoms with van der Waals surface area (Å²) in [6.07, 6.45) is 0.148. The van der Waals surface area contributed by atoms with Crippen LogP contribution in [0.5, 0.6) is 0 Å². The fraction of sp³-hybridized carbons (Fsp3) is 0.333. The number of hydrogen-bond acceptors (Lipinski definition) is 6. The molecule has 1 amide bonds. The van der Waals surface area contributed by atoms with Gasteiger partial charge in [-0.15, -0.1) is 11.3 Å². The van der Waals surface area contributed by atoms with Crippen molar-refractivity contribution in [2.45, 2.75) is 69.8 Å².